The summed E-state index contributed by atoms with van der Waals surface area (Å²) < 4.78 is 10.6. The molecule has 0 aliphatic heterocycles. The number of nitrogens with two attached hydrogens (primary N) is 1. The van der Waals surface area contributed by atoms with Gasteiger partial charge in [0.2, 0.25) is 0 Å². The molecule has 2 unspecified atom stereocenters. The van der Waals surface area contributed by atoms with Gasteiger partial charge in [-0.05, 0) is 48.3 Å². The minimum Gasteiger partial charge on any atom is -0.491 e. The third-order valence-corrected chi connectivity index (χ3v) is 5.08. The quantitative estimate of drug-likeness (QED) is 0.777. The number of ether oxygens (including phenoxy) is 2. The summed E-state index contributed by atoms with van der Waals surface area (Å²) >= 11 is 0. The van der Waals surface area contributed by atoms with E-state index in [1.54, 1.807) is 7.11 Å². The molecule has 0 saturated heterocycles. The van der Waals surface area contributed by atoms with Crippen LogP contribution in [0.15, 0.2) is 24.3 Å². The summed E-state index contributed by atoms with van der Waals surface area (Å²) in [7, 11) is 1.68. The molecule has 2 atom stereocenters. The molecule has 0 aromatic heterocycles. The summed E-state index contributed by atoms with van der Waals surface area (Å²) in [6, 6.07) is 8.85. The molecule has 1 aromatic rings. The Labute approximate surface area is 122 Å². The Balaban J connectivity index is 2.03. The smallest absolute Gasteiger partial charge is 0.119 e. The van der Waals surface area contributed by atoms with Crippen molar-refractivity contribution >= 4 is 0 Å². The Morgan fingerprint density at radius 2 is 1.80 bits per heavy atom. The van der Waals surface area contributed by atoms with Crippen LogP contribution >= 0.6 is 0 Å². The lowest BCUT2D eigenvalue weighted by molar-refractivity contribution is 0.0437. The SMILES string of the molecule is CCC1(CC)C(N)CC1c1ccc(OCCOC)cc1. The van der Waals surface area contributed by atoms with E-state index in [0.717, 1.165) is 25.0 Å². The van der Waals surface area contributed by atoms with Crippen molar-refractivity contribution in [2.24, 2.45) is 11.1 Å². The number of benzene rings is 1. The van der Waals surface area contributed by atoms with Gasteiger partial charge in [-0.1, -0.05) is 26.0 Å². The fraction of sp³-hybridized carbons (Fsp3) is 0.647. The summed E-state index contributed by atoms with van der Waals surface area (Å²) in [6.45, 7) is 5.74. The zero-order chi connectivity index (χ0) is 14.6. The third kappa shape index (κ3) is 2.70. The topological polar surface area (TPSA) is 44.5 Å². The van der Waals surface area contributed by atoms with Crippen molar-refractivity contribution in [1.29, 1.82) is 0 Å². The van der Waals surface area contributed by atoms with Crippen LogP contribution in [0.5, 0.6) is 5.75 Å². The second-order valence-electron chi connectivity index (χ2n) is 5.75. The first-order valence-electron chi connectivity index (χ1n) is 7.65. The minimum absolute atomic E-state index is 0.290. The first-order chi connectivity index (χ1) is 9.67. The largest absolute Gasteiger partial charge is 0.491 e. The molecule has 1 aromatic carbocycles. The molecule has 3 nitrogen and oxygen atoms in total. The highest BCUT2D eigenvalue weighted by atomic mass is 16.5. The zero-order valence-electron chi connectivity index (χ0n) is 12.9. The van der Waals surface area contributed by atoms with Gasteiger partial charge in [0.15, 0.2) is 0 Å². The predicted molar refractivity (Wildman–Crippen MR) is 82.2 cm³/mol. The molecule has 3 heteroatoms. The van der Waals surface area contributed by atoms with E-state index in [1.165, 1.54) is 5.56 Å². The van der Waals surface area contributed by atoms with Gasteiger partial charge in [0.1, 0.15) is 12.4 Å². The fourth-order valence-electron chi connectivity index (χ4n) is 3.60. The minimum atomic E-state index is 0.290. The summed E-state index contributed by atoms with van der Waals surface area (Å²) in [4.78, 5) is 0. The monoisotopic (exact) mass is 277 g/mol. The predicted octanol–water partition coefficient (Wildman–Crippen LogP) is 3.33. The van der Waals surface area contributed by atoms with E-state index in [1.807, 2.05) is 0 Å². The highest BCUT2D eigenvalue weighted by Crippen LogP contribution is 2.56. The number of rotatable bonds is 7. The van der Waals surface area contributed by atoms with Crippen LogP contribution in [-0.2, 0) is 4.74 Å². The van der Waals surface area contributed by atoms with E-state index in [-0.39, 0.29) is 0 Å². The molecule has 0 radical (unpaired) electrons. The van der Waals surface area contributed by atoms with Crippen molar-refractivity contribution in [3.63, 3.8) is 0 Å². The average Bonchev–Trinajstić information content (AvgIpc) is 2.47. The molecule has 112 valence electrons. The van der Waals surface area contributed by atoms with Crippen LogP contribution in [0.1, 0.15) is 44.6 Å². The molecular formula is C17H27NO2. The van der Waals surface area contributed by atoms with Crippen LogP contribution in [0.2, 0.25) is 0 Å². The van der Waals surface area contributed by atoms with E-state index in [2.05, 4.69) is 38.1 Å². The first kappa shape index (κ1) is 15.3. The van der Waals surface area contributed by atoms with Gasteiger partial charge in [-0.3, -0.25) is 0 Å². The van der Waals surface area contributed by atoms with Crippen LogP contribution in [0.25, 0.3) is 0 Å². The lowest BCUT2D eigenvalue weighted by Crippen LogP contribution is -2.55. The van der Waals surface area contributed by atoms with Crippen molar-refractivity contribution in [3.8, 4) is 5.75 Å². The molecule has 2 N–H and O–H groups in total. The summed E-state index contributed by atoms with van der Waals surface area (Å²) in [5.41, 5.74) is 7.97. The van der Waals surface area contributed by atoms with Gasteiger partial charge in [-0.2, -0.15) is 0 Å². The van der Waals surface area contributed by atoms with Crippen molar-refractivity contribution in [2.75, 3.05) is 20.3 Å². The maximum absolute atomic E-state index is 6.28. The molecule has 0 bridgehead atoms. The maximum atomic E-state index is 6.28. The fourth-order valence-corrected chi connectivity index (χ4v) is 3.60. The van der Waals surface area contributed by atoms with Crippen molar-refractivity contribution < 1.29 is 9.47 Å². The highest BCUT2D eigenvalue weighted by molar-refractivity contribution is 5.33. The van der Waals surface area contributed by atoms with Gasteiger partial charge in [0, 0.05) is 13.2 Å². The molecule has 1 aliphatic rings. The summed E-state index contributed by atoms with van der Waals surface area (Å²) in [5.74, 6) is 1.51. The van der Waals surface area contributed by atoms with Gasteiger partial charge in [0.25, 0.3) is 0 Å². The highest BCUT2D eigenvalue weighted by Gasteiger charge is 2.50. The third-order valence-electron chi connectivity index (χ3n) is 5.08. The second kappa shape index (κ2) is 6.59. The Bertz CT molecular complexity index is 412. The molecule has 0 amide bonds. The normalized spacial score (nSPS) is 24.2. The maximum Gasteiger partial charge on any atom is 0.119 e. The molecule has 0 spiro atoms. The van der Waals surface area contributed by atoms with E-state index in [9.17, 15) is 0 Å². The van der Waals surface area contributed by atoms with Crippen LogP contribution in [-0.4, -0.2) is 26.4 Å². The number of hydrogen-bond donors (Lipinski definition) is 1. The van der Waals surface area contributed by atoms with Crippen LogP contribution in [0, 0.1) is 5.41 Å². The van der Waals surface area contributed by atoms with Gasteiger partial charge in [-0.25, -0.2) is 0 Å². The summed E-state index contributed by atoms with van der Waals surface area (Å²) in [6.07, 6.45) is 3.41. The van der Waals surface area contributed by atoms with Gasteiger partial charge in [0.05, 0.1) is 6.61 Å². The lowest BCUT2D eigenvalue weighted by Gasteiger charge is -2.55. The van der Waals surface area contributed by atoms with E-state index in [4.69, 9.17) is 15.2 Å². The standard InChI is InChI=1S/C17H27NO2/c1-4-17(5-2)15(12-16(17)18)13-6-8-14(9-7-13)20-11-10-19-3/h6-9,15-16H,4-5,10-12,18H2,1-3H3. The average molecular weight is 277 g/mol. The first-order valence-corrected chi connectivity index (χ1v) is 7.65. The zero-order valence-corrected chi connectivity index (χ0v) is 12.9. The lowest BCUT2D eigenvalue weighted by atomic mass is 9.52. The summed E-state index contributed by atoms with van der Waals surface area (Å²) in [5, 5.41) is 0. The molecular weight excluding hydrogens is 250 g/mol. The number of hydrogen-bond acceptors (Lipinski definition) is 3. The molecule has 1 aliphatic carbocycles. The molecule has 20 heavy (non-hydrogen) atoms. The van der Waals surface area contributed by atoms with Gasteiger partial charge >= 0.3 is 0 Å². The van der Waals surface area contributed by atoms with E-state index >= 15 is 0 Å². The Morgan fingerprint density at radius 1 is 1.15 bits per heavy atom. The molecule has 1 saturated carbocycles. The van der Waals surface area contributed by atoms with Crippen molar-refractivity contribution in [2.45, 2.75) is 45.1 Å². The van der Waals surface area contributed by atoms with Gasteiger partial charge in [-0.15, -0.1) is 0 Å². The molecule has 2 rings (SSSR count). The Kier molecular flexibility index (Phi) is 5.06. The number of methoxy groups -OCH3 is 1. The second-order valence-corrected chi connectivity index (χ2v) is 5.75. The van der Waals surface area contributed by atoms with Crippen LogP contribution in [0.4, 0.5) is 0 Å². The van der Waals surface area contributed by atoms with E-state index < -0.39 is 0 Å². The Hall–Kier alpha value is -1.06. The van der Waals surface area contributed by atoms with Crippen LogP contribution in [0.3, 0.4) is 0 Å². The molecule has 1 fully saturated rings. The molecule has 0 heterocycles. The van der Waals surface area contributed by atoms with Crippen LogP contribution < -0.4 is 10.5 Å². The van der Waals surface area contributed by atoms with Crippen molar-refractivity contribution in [1.82, 2.24) is 0 Å². The van der Waals surface area contributed by atoms with E-state index in [0.29, 0.717) is 30.6 Å². The van der Waals surface area contributed by atoms with Gasteiger partial charge < -0.3 is 15.2 Å². The Morgan fingerprint density at radius 3 is 2.30 bits per heavy atom. The van der Waals surface area contributed by atoms with Crippen molar-refractivity contribution in [3.05, 3.63) is 29.8 Å².